The van der Waals surface area contributed by atoms with Crippen LogP contribution in [0.3, 0.4) is 0 Å². The Bertz CT molecular complexity index is 903. The van der Waals surface area contributed by atoms with Gasteiger partial charge >= 0.3 is 6.18 Å². The van der Waals surface area contributed by atoms with E-state index in [4.69, 9.17) is 0 Å². The number of fused-ring (bicyclic) bond motifs is 1. The number of carbonyl (C=O) groups excluding carboxylic acids is 1. The Morgan fingerprint density at radius 3 is 2.68 bits per heavy atom. The number of alkyl halides is 3. The van der Waals surface area contributed by atoms with E-state index in [2.05, 4.69) is 10.2 Å². The van der Waals surface area contributed by atoms with E-state index in [-0.39, 0.29) is 29.8 Å². The number of H-pyrrole nitrogens is 1. The van der Waals surface area contributed by atoms with E-state index in [0.29, 0.717) is 17.7 Å². The van der Waals surface area contributed by atoms with Gasteiger partial charge in [-0.05, 0) is 49.9 Å². The predicted molar refractivity (Wildman–Crippen MR) is 85.8 cm³/mol. The molecule has 0 bridgehead atoms. The van der Waals surface area contributed by atoms with Crippen molar-refractivity contribution >= 4 is 11.6 Å². The molecule has 2 heterocycles. The molecule has 1 N–H and O–H groups in total. The molecule has 3 rings (SSSR count). The number of aryl methyl sites for hydroxylation is 1. The summed E-state index contributed by atoms with van der Waals surface area (Å²) in [5, 5.41) is 6.06. The molecule has 1 aliphatic rings. The average molecular weight is 351 g/mol. The molecule has 1 aliphatic heterocycles. The fraction of sp³-hybridized carbons (Fsp3) is 0.353. The van der Waals surface area contributed by atoms with Crippen molar-refractivity contribution in [2.75, 3.05) is 11.4 Å². The number of aromatic amines is 1. The van der Waals surface area contributed by atoms with E-state index in [1.165, 1.54) is 17.0 Å². The maximum absolute atomic E-state index is 13.2. The second-order valence-electron chi connectivity index (χ2n) is 6.00. The van der Waals surface area contributed by atoms with E-state index in [1.807, 2.05) is 0 Å². The van der Waals surface area contributed by atoms with Gasteiger partial charge in [0.05, 0.1) is 11.3 Å². The van der Waals surface area contributed by atoms with Crippen LogP contribution in [0.2, 0.25) is 0 Å². The van der Waals surface area contributed by atoms with Gasteiger partial charge in [-0.2, -0.15) is 18.3 Å². The lowest BCUT2D eigenvalue weighted by Gasteiger charge is -2.31. The first-order valence-corrected chi connectivity index (χ1v) is 7.78. The SMILES string of the molecule is Cc1n[nH]c(=O)c(C(=O)N2CCCc3c2cccc3C(F)(F)F)c1C. The third kappa shape index (κ3) is 2.92. The molecule has 25 heavy (non-hydrogen) atoms. The second-order valence-corrected chi connectivity index (χ2v) is 6.00. The lowest BCUT2D eigenvalue weighted by molar-refractivity contribution is -0.138. The van der Waals surface area contributed by atoms with Crippen molar-refractivity contribution in [1.29, 1.82) is 0 Å². The number of anilines is 1. The van der Waals surface area contributed by atoms with Crippen LogP contribution >= 0.6 is 0 Å². The fourth-order valence-corrected chi connectivity index (χ4v) is 3.12. The summed E-state index contributed by atoms with van der Waals surface area (Å²) >= 11 is 0. The number of amides is 1. The van der Waals surface area contributed by atoms with Gasteiger partial charge < -0.3 is 4.90 Å². The zero-order valence-electron chi connectivity index (χ0n) is 13.7. The summed E-state index contributed by atoms with van der Waals surface area (Å²) in [5.74, 6) is -0.607. The number of benzene rings is 1. The van der Waals surface area contributed by atoms with Crippen LogP contribution in [0.25, 0.3) is 0 Å². The number of halogens is 3. The van der Waals surface area contributed by atoms with Crippen molar-refractivity contribution in [3.63, 3.8) is 0 Å². The normalized spacial score (nSPS) is 14.4. The summed E-state index contributed by atoms with van der Waals surface area (Å²) in [4.78, 5) is 26.2. The van der Waals surface area contributed by atoms with Gasteiger partial charge in [0, 0.05) is 12.2 Å². The molecule has 1 amide bonds. The molecule has 0 atom stereocenters. The number of nitrogens with zero attached hydrogens (tertiary/aromatic N) is 2. The minimum absolute atomic E-state index is 0.0854. The highest BCUT2D eigenvalue weighted by molar-refractivity contribution is 6.07. The Labute approximate surface area is 141 Å². The molecular weight excluding hydrogens is 335 g/mol. The summed E-state index contributed by atoms with van der Waals surface area (Å²) in [6, 6.07) is 3.78. The molecule has 2 aromatic rings. The van der Waals surface area contributed by atoms with Gasteiger partial charge in [-0.25, -0.2) is 5.10 Å². The zero-order chi connectivity index (χ0) is 18.4. The van der Waals surface area contributed by atoms with Gasteiger partial charge in [-0.3, -0.25) is 9.59 Å². The summed E-state index contributed by atoms with van der Waals surface area (Å²) in [6.07, 6.45) is -3.86. The third-order valence-corrected chi connectivity index (χ3v) is 4.48. The van der Waals surface area contributed by atoms with Crippen molar-refractivity contribution < 1.29 is 18.0 Å². The van der Waals surface area contributed by atoms with Crippen LogP contribution in [0.4, 0.5) is 18.9 Å². The highest BCUT2D eigenvalue weighted by atomic mass is 19.4. The number of hydrogen-bond acceptors (Lipinski definition) is 3. The Morgan fingerprint density at radius 2 is 2.00 bits per heavy atom. The van der Waals surface area contributed by atoms with Gasteiger partial charge in [0.15, 0.2) is 0 Å². The van der Waals surface area contributed by atoms with Crippen molar-refractivity contribution in [2.24, 2.45) is 0 Å². The highest BCUT2D eigenvalue weighted by Gasteiger charge is 2.37. The topological polar surface area (TPSA) is 66.1 Å². The van der Waals surface area contributed by atoms with Crippen molar-refractivity contribution in [1.82, 2.24) is 10.2 Å². The van der Waals surface area contributed by atoms with Crippen molar-refractivity contribution in [3.05, 3.63) is 56.5 Å². The Hall–Kier alpha value is -2.64. The number of hydrogen-bond donors (Lipinski definition) is 1. The Kier molecular flexibility index (Phi) is 4.14. The van der Waals surface area contributed by atoms with Crippen LogP contribution in [0, 0.1) is 13.8 Å². The first kappa shape index (κ1) is 17.2. The lowest BCUT2D eigenvalue weighted by Crippen LogP contribution is -2.40. The van der Waals surface area contributed by atoms with E-state index in [9.17, 15) is 22.8 Å². The molecule has 1 aromatic carbocycles. The first-order chi connectivity index (χ1) is 11.7. The van der Waals surface area contributed by atoms with Crippen molar-refractivity contribution in [3.8, 4) is 0 Å². The smallest absolute Gasteiger partial charge is 0.308 e. The van der Waals surface area contributed by atoms with Gasteiger partial charge in [-0.15, -0.1) is 0 Å². The summed E-state index contributed by atoms with van der Waals surface area (Å²) in [5.41, 5.74) is -0.255. The lowest BCUT2D eigenvalue weighted by atomic mass is 9.95. The van der Waals surface area contributed by atoms with E-state index in [0.717, 1.165) is 6.07 Å². The average Bonchev–Trinajstić information content (AvgIpc) is 2.56. The van der Waals surface area contributed by atoms with Crippen LogP contribution in [0.1, 0.15) is 39.2 Å². The van der Waals surface area contributed by atoms with Gasteiger partial charge in [0.1, 0.15) is 5.56 Å². The van der Waals surface area contributed by atoms with E-state index in [1.54, 1.807) is 13.8 Å². The molecule has 132 valence electrons. The first-order valence-electron chi connectivity index (χ1n) is 7.78. The number of carbonyl (C=O) groups is 1. The molecule has 5 nitrogen and oxygen atoms in total. The molecule has 0 fully saturated rings. The molecule has 0 aliphatic carbocycles. The van der Waals surface area contributed by atoms with Crippen LogP contribution in [0.5, 0.6) is 0 Å². The quantitative estimate of drug-likeness (QED) is 0.859. The number of rotatable bonds is 1. The Balaban J connectivity index is 2.13. The van der Waals surface area contributed by atoms with Crippen LogP contribution in [-0.2, 0) is 12.6 Å². The number of aromatic nitrogens is 2. The molecule has 1 aromatic heterocycles. The van der Waals surface area contributed by atoms with Gasteiger partial charge in [0.25, 0.3) is 11.5 Å². The zero-order valence-corrected chi connectivity index (χ0v) is 13.7. The summed E-state index contributed by atoms with van der Waals surface area (Å²) in [7, 11) is 0. The van der Waals surface area contributed by atoms with Crippen LogP contribution < -0.4 is 10.5 Å². The fourth-order valence-electron chi connectivity index (χ4n) is 3.12. The van der Waals surface area contributed by atoms with Crippen LogP contribution in [0.15, 0.2) is 23.0 Å². The largest absolute Gasteiger partial charge is 0.416 e. The molecule has 0 saturated heterocycles. The minimum Gasteiger partial charge on any atom is -0.308 e. The molecule has 0 saturated carbocycles. The summed E-state index contributed by atoms with van der Waals surface area (Å²) < 4.78 is 39.7. The van der Waals surface area contributed by atoms with Gasteiger partial charge in [-0.1, -0.05) is 6.07 Å². The van der Waals surface area contributed by atoms with Gasteiger partial charge in [0.2, 0.25) is 0 Å². The second kappa shape index (κ2) is 6.02. The Morgan fingerprint density at radius 1 is 1.28 bits per heavy atom. The van der Waals surface area contributed by atoms with Crippen LogP contribution in [-0.4, -0.2) is 22.6 Å². The molecule has 8 heteroatoms. The maximum Gasteiger partial charge on any atom is 0.416 e. The monoisotopic (exact) mass is 351 g/mol. The summed E-state index contributed by atoms with van der Waals surface area (Å²) in [6.45, 7) is 3.50. The maximum atomic E-state index is 13.2. The molecule has 0 spiro atoms. The highest BCUT2D eigenvalue weighted by Crippen LogP contribution is 2.39. The van der Waals surface area contributed by atoms with E-state index < -0.39 is 23.2 Å². The number of nitrogens with one attached hydrogen (secondary N) is 1. The standard InChI is InChI=1S/C17H16F3N3O2/c1-9-10(2)21-22-15(24)14(9)16(25)23-8-4-5-11-12(17(18,19)20)6-3-7-13(11)23/h3,6-7H,4-5,8H2,1-2H3,(H,22,24). The molecule has 0 radical (unpaired) electrons. The molecular formula is C17H16F3N3O2. The van der Waals surface area contributed by atoms with E-state index >= 15 is 0 Å². The minimum atomic E-state index is -4.49. The predicted octanol–water partition coefficient (Wildman–Crippen LogP) is 3.00. The molecule has 0 unspecified atom stereocenters. The third-order valence-electron chi connectivity index (χ3n) is 4.48. The van der Waals surface area contributed by atoms with Crippen molar-refractivity contribution in [2.45, 2.75) is 32.9 Å².